The summed E-state index contributed by atoms with van der Waals surface area (Å²) in [6, 6.07) is 7.34. The van der Waals surface area contributed by atoms with Gasteiger partial charge in [0.2, 0.25) is 0 Å². The van der Waals surface area contributed by atoms with Crippen molar-refractivity contribution in [1.82, 2.24) is 0 Å². The predicted molar refractivity (Wildman–Crippen MR) is 60.3 cm³/mol. The molecule has 3 atom stereocenters. The minimum Gasteiger partial charge on any atom is -0.312 e. The van der Waals surface area contributed by atoms with Gasteiger partial charge in [0.1, 0.15) is 16.6 Å². The predicted octanol–water partition coefficient (Wildman–Crippen LogP) is 0.557. The second kappa shape index (κ2) is 3.52. The summed E-state index contributed by atoms with van der Waals surface area (Å²) in [5, 5.41) is 8.01. The molecule has 1 saturated carbocycles. The molecule has 1 aliphatic carbocycles. The molecule has 1 aromatic carbocycles. The molecule has 0 aromatic heterocycles. The summed E-state index contributed by atoms with van der Waals surface area (Å²) < 4.78 is 36.1. The van der Waals surface area contributed by atoms with Crippen molar-refractivity contribution in [3.05, 3.63) is 35.6 Å². The Bertz CT molecular complexity index is 608. The monoisotopic (exact) mass is 254 g/mol. The van der Waals surface area contributed by atoms with Gasteiger partial charge in [0.15, 0.2) is 9.84 Å². The van der Waals surface area contributed by atoms with E-state index in [4.69, 9.17) is 11.0 Å². The lowest BCUT2D eigenvalue weighted by molar-refractivity contribution is 0.597. The van der Waals surface area contributed by atoms with Gasteiger partial charge in [-0.05, 0) is 17.7 Å². The Balaban J connectivity index is 2.46. The van der Waals surface area contributed by atoms with Crippen LogP contribution in [0.2, 0.25) is 0 Å². The van der Waals surface area contributed by atoms with E-state index in [-0.39, 0.29) is 0 Å². The number of halogens is 1. The molecule has 2 rings (SSSR count). The summed E-state index contributed by atoms with van der Waals surface area (Å²) in [6.07, 6.45) is 1.04. The summed E-state index contributed by atoms with van der Waals surface area (Å²) in [5.41, 5.74) is 4.75. The molecule has 0 saturated heterocycles. The van der Waals surface area contributed by atoms with Gasteiger partial charge in [0, 0.05) is 12.2 Å². The third-order valence-electron chi connectivity index (χ3n) is 3.04. The number of hydrogen-bond acceptors (Lipinski definition) is 4. The number of nitrogens with two attached hydrogens (primary N) is 1. The van der Waals surface area contributed by atoms with Crippen LogP contribution in [0.5, 0.6) is 0 Å². The van der Waals surface area contributed by atoms with Crippen LogP contribution in [0.4, 0.5) is 4.39 Å². The maximum absolute atomic E-state index is 13.1. The minimum atomic E-state index is -3.43. The molecule has 0 heterocycles. The zero-order valence-corrected chi connectivity index (χ0v) is 9.91. The van der Waals surface area contributed by atoms with Gasteiger partial charge in [-0.25, -0.2) is 12.8 Å². The summed E-state index contributed by atoms with van der Waals surface area (Å²) in [4.78, 5) is 0. The van der Waals surface area contributed by atoms with E-state index in [1.54, 1.807) is 6.07 Å². The first-order valence-electron chi connectivity index (χ1n) is 4.95. The molecule has 1 fully saturated rings. The van der Waals surface area contributed by atoms with E-state index < -0.39 is 32.4 Å². The third kappa shape index (κ3) is 1.81. The fourth-order valence-electron chi connectivity index (χ4n) is 2.26. The molecule has 0 spiro atoms. The Morgan fingerprint density at radius 1 is 1.53 bits per heavy atom. The molecule has 17 heavy (non-hydrogen) atoms. The molecular formula is C11H11FN2O2S. The van der Waals surface area contributed by atoms with E-state index in [1.807, 2.05) is 6.07 Å². The maximum atomic E-state index is 13.1. The Morgan fingerprint density at radius 2 is 2.18 bits per heavy atom. The van der Waals surface area contributed by atoms with Crippen molar-refractivity contribution in [2.75, 3.05) is 6.26 Å². The van der Waals surface area contributed by atoms with E-state index in [2.05, 4.69) is 0 Å². The Morgan fingerprint density at radius 3 is 2.59 bits per heavy atom. The van der Waals surface area contributed by atoms with Crippen molar-refractivity contribution >= 4 is 9.84 Å². The van der Waals surface area contributed by atoms with Crippen LogP contribution in [0.15, 0.2) is 24.3 Å². The molecule has 90 valence electrons. The van der Waals surface area contributed by atoms with Gasteiger partial charge in [-0.2, -0.15) is 5.26 Å². The molecule has 0 radical (unpaired) electrons. The molecule has 2 N–H and O–H groups in total. The SMILES string of the molecule is CS(=O)(=O)C1C(c2cccc(F)c2)C1(N)C#N. The van der Waals surface area contributed by atoms with E-state index in [0.29, 0.717) is 5.56 Å². The van der Waals surface area contributed by atoms with Crippen molar-refractivity contribution in [3.8, 4) is 6.07 Å². The first-order chi connectivity index (χ1) is 7.80. The zero-order valence-electron chi connectivity index (χ0n) is 9.09. The number of benzene rings is 1. The molecule has 0 aliphatic heterocycles. The highest BCUT2D eigenvalue weighted by Crippen LogP contribution is 2.53. The minimum absolute atomic E-state index is 0.449. The van der Waals surface area contributed by atoms with Crippen LogP contribution in [0.3, 0.4) is 0 Å². The summed E-state index contributed by atoms with van der Waals surface area (Å²) in [5.74, 6) is -1.12. The first-order valence-corrected chi connectivity index (χ1v) is 6.90. The zero-order chi connectivity index (χ0) is 12.8. The van der Waals surface area contributed by atoms with Crippen LogP contribution in [-0.4, -0.2) is 25.5 Å². The average Bonchev–Trinajstić information content (AvgIpc) is 2.86. The molecule has 1 aliphatic rings. The van der Waals surface area contributed by atoms with Crippen LogP contribution in [0.25, 0.3) is 0 Å². The lowest BCUT2D eigenvalue weighted by Crippen LogP contribution is -2.28. The lowest BCUT2D eigenvalue weighted by atomic mass is 10.1. The lowest BCUT2D eigenvalue weighted by Gasteiger charge is -2.00. The molecule has 1 aromatic rings. The molecule has 4 nitrogen and oxygen atoms in total. The highest BCUT2D eigenvalue weighted by atomic mass is 32.2. The van der Waals surface area contributed by atoms with E-state index in [9.17, 15) is 12.8 Å². The Hall–Kier alpha value is -1.45. The van der Waals surface area contributed by atoms with Gasteiger partial charge in [-0.3, -0.25) is 0 Å². The quantitative estimate of drug-likeness (QED) is 0.835. The van der Waals surface area contributed by atoms with Gasteiger partial charge >= 0.3 is 0 Å². The largest absolute Gasteiger partial charge is 0.312 e. The smallest absolute Gasteiger partial charge is 0.153 e. The summed E-state index contributed by atoms with van der Waals surface area (Å²) in [7, 11) is -3.43. The summed E-state index contributed by atoms with van der Waals surface area (Å²) in [6.45, 7) is 0. The van der Waals surface area contributed by atoms with Gasteiger partial charge in [-0.1, -0.05) is 12.1 Å². The molecule has 6 heteroatoms. The van der Waals surface area contributed by atoms with Gasteiger partial charge < -0.3 is 5.73 Å². The van der Waals surface area contributed by atoms with E-state index >= 15 is 0 Å². The molecule has 0 bridgehead atoms. The molecular weight excluding hydrogens is 243 g/mol. The highest BCUT2D eigenvalue weighted by Gasteiger charge is 2.69. The number of rotatable bonds is 2. The van der Waals surface area contributed by atoms with Crippen molar-refractivity contribution in [2.45, 2.75) is 16.7 Å². The highest BCUT2D eigenvalue weighted by molar-refractivity contribution is 7.91. The van der Waals surface area contributed by atoms with Gasteiger partial charge in [0.05, 0.1) is 6.07 Å². The third-order valence-corrected chi connectivity index (χ3v) is 4.63. The Kier molecular flexibility index (Phi) is 2.49. The van der Waals surface area contributed by atoms with Crippen LogP contribution >= 0.6 is 0 Å². The normalized spacial score (nSPS) is 31.9. The second-order valence-corrected chi connectivity index (χ2v) is 6.49. The summed E-state index contributed by atoms with van der Waals surface area (Å²) >= 11 is 0. The van der Waals surface area contributed by atoms with Crippen molar-refractivity contribution < 1.29 is 12.8 Å². The van der Waals surface area contributed by atoms with Crippen LogP contribution in [0, 0.1) is 17.1 Å². The van der Waals surface area contributed by atoms with E-state index in [0.717, 1.165) is 6.26 Å². The molecule has 0 amide bonds. The number of sulfone groups is 1. The van der Waals surface area contributed by atoms with Crippen molar-refractivity contribution in [1.29, 1.82) is 5.26 Å². The van der Waals surface area contributed by atoms with Crippen LogP contribution < -0.4 is 5.73 Å². The van der Waals surface area contributed by atoms with Crippen LogP contribution in [-0.2, 0) is 9.84 Å². The average molecular weight is 254 g/mol. The number of nitriles is 1. The van der Waals surface area contributed by atoms with Gasteiger partial charge in [0.25, 0.3) is 0 Å². The van der Waals surface area contributed by atoms with Crippen molar-refractivity contribution in [2.24, 2.45) is 5.73 Å². The van der Waals surface area contributed by atoms with Gasteiger partial charge in [-0.15, -0.1) is 0 Å². The fourth-order valence-corrected chi connectivity index (χ4v) is 3.97. The number of nitrogens with zero attached hydrogens (tertiary/aromatic N) is 1. The number of hydrogen-bond donors (Lipinski definition) is 1. The fraction of sp³-hybridized carbons (Fsp3) is 0.364. The van der Waals surface area contributed by atoms with Crippen molar-refractivity contribution in [3.63, 3.8) is 0 Å². The molecule has 3 unspecified atom stereocenters. The Labute approximate surface area is 98.8 Å². The second-order valence-electron chi connectivity index (χ2n) is 4.33. The van der Waals surface area contributed by atoms with Crippen LogP contribution in [0.1, 0.15) is 11.5 Å². The first kappa shape index (κ1) is 12.0. The topological polar surface area (TPSA) is 83.9 Å². The standard InChI is InChI=1S/C11H11FN2O2S/c1-17(15,16)10-9(11(10,14)6-13)7-3-2-4-8(12)5-7/h2-5,9-10H,14H2,1H3. The maximum Gasteiger partial charge on any atom is 0.153 e. The van der Waals surface area contributed by atoms with E-state index in [1.165, 1.54) is 18.2 Å².